The molecule has 2 heterocycles. The minimum Gasteiger partial charge on any atom is -0.478 e. The summed E-state index contributed by atoms with van der Waals surface area (Å²) in [6.07, 6.45) is 5.87. The van der Waals surface area contributed by atoms with Gasteiger partial charge in [-0.1, -0.05) is 0 Å². The lowest BCUT2D eigenvalue weighted by Gasteiger charge is -2.22. The van der Waals surface area contributed by atoms with Crippen molar-refractivity contribution in [3.63, 3.8) is 0 Å². The Kier molecular flexibility index (Phi) is 5.31. The van der Waals surface area contributed by atoms with Crippen molar-refractivity contribution in [1.82, 2.24) is 5.32 Å². The van der Waals surface area contributed by atoms with Crippen molar-refractivity contribution < 1.29 is 19.4 Å². The average molecular weight is 295 g/mol. The highest BCUT2D eigenvalue weighted by atomic mass is 32.1. The molecule has 1 aliphatic heterocycles. The molecule has 6 heteroatoms. The van der Waals surface area contributed by atoms with E-state index in [1.54, 1.807) is 12.1 Å². The second-order valence-corrected chi connectivity index (χ2v) is 5.69. The molecule has 0 saturated carbocycles. The molecular weight excluding hydrogens is 278 g/mol. The van der Waals surface area contributed by atoms with Gasteiger partial charge in [-0.15, -0.1) is 11.3 Å². The number of nitrogens with one attached hydrogen (secondary N) is 1. The number of carbonyl (C=O) groups excluding carboxylic acids is 1. The van der Waals surface area contributed by atoms with Crippen LogP contribution in [0.25, 0.3) is 6.08 Å². The number of rotatable bonds is 5. The van der Waals surface area contributed by atoms with Crippen LogP contribution >= 0.6 is 11.3 Å². The first-order valence-corrected chi connectivity index (χ1v) is 7.37. The maximum absolute atomic E-state index is 11.9. The molecule has 0 aliphatic carbocycles. The summed E-state index contributed by atoms with van der Waals surface area (Å²) in [5.41, 5.74) is 0. The highest BCUT2D eigenvalue weighted by molar-refractivity contribution is 7.14. The van der Waals surface area contributed by atoms with Gasteiger partial charge in [-0.05, 0) is 37.5 Å². The average Bonchev–Trinajstić information content (AvgIpc) is 2.92. The van der Waals surface area contributed by atoms with Crippen molar-refractivity contribution in [3.05, 3.63) is 28.0 Å². The Bertz CT molecular complexity index is 503. The number of thiophene rings is 1. The number of hydrogen-bond donors (Lipinski definition) is 2. The predicted molar refractivity (Wildman–Crippen MR) is 76.9 cm³/mol. The first-order valence-electron chi connectivity index (χ1n) is 6.56. The lowest BCUT2D eigenvalue weighted by atomic mass is 10.1. The highest BCUT2D eigenvalue weighted by Crippen LogP contribution is 2.18. The molecule has 1 aromatic heterocycles. The van der Waals surface area contributed by atoms with Crippen molar-refractivity contribution in [3.8, 4) is 0 Å². The molecule has 1 saturated heterocycles. The number of ether oxygens (including phenoxy) is 1. The fourth-order valence-corrected chi connectivity index (χ4v) is 2.81. The zero-order valence-electron chi connectivity index (χ0n) is 11.0. The molecule has 108 valence electrons. The van der Waals surface area contributed by atoms with E-state index >= 15 is 0 Å². The molecular formula is C14H17NO4S. The van der Waals surface area contributed by atoms with Crippen LogP contribution in [0.1, 0.15) is 33.8 Å². The molecule has 1 atom stereocenters. The second kappa shape index (κ2) is 7.21. The first kappa shape index (κ1) is 14.7. The summed E-state index contributed by atoms with van der Waals surface area (Å²) in [6.45, 7) is 1.29. The van der Waals surface area contributed by atoms with Crippen molar-refractivity contribution in [2.24, 2.45) is 0 Å². The van der Waals surface area contributed by atoms with E-state index in [0.717, 1.165) is 36.8 Å². The third kappa shape index (κ3) is 4.47. The van der Waals surface area contributed by atoms with Crippen LogP contribution in [0.2, 0.25) is 0 Å². The molecule has 2 rings (SSSR count). The topological polar surface area (TPSA) is 75.6 Å². The summed E-state index contributed by atoms with van der Waals surface area (Å²) < 4.78 is 5.55. The van der Waals surface area contributed by atoms with Gasteiger partial charge in [0.25, 0.3) is 5.91 Å². The number of aliphatic carboxylic acids is 1. The molecule has 20 heavy (non-hydrogen) atoms. The Morgan fingerprint density at radius 2 is 2.30 bits per heavy atom. The Balaban J connectivity index is 1.84. The Labute approximate surface area is 121 Å². The zero-order chi connectivity index (χ0) is 14.4. The van der Waals surface area contributed by atoms with Crippen molar-refractivity contribution >= 4 is 29.3 Å². The zero-order valence-corrected chi connectivity index (χ0v) is 11.8. The van der Waals surface area contributed by atoms with Crippen LogP contribution in [-0.4, -0.2) is 36.2 Å². The fraction of sp³-hybridized carbons (Fsp3) is 0.429. The van der Waals surface area contributed by atoms with Gasteiger partial charge >= 0.3 is 5.97 Å². The van der Waals surface area contributed by atoms with E-state index in [2.05, 4.69) is 5.32 Å². The Morgan fingerprint density at radius 1 is 1.45 bits per heavy atom. The molecule has 1 aliphatic rings. The van der Waals surface area contributed by atoms with Gasteiger partial charge in [0, 0.05) is 24.1 Å². The number of hydrogen-bond acceptors (Lipinski definition) is 4. The largest absolute Gasteiger partial charge is 0.478 e. The third-order valence-corrected chi connectivity index (χ3v) is 4.05. The van der Waals surface area contributed by atoms with Gasteiger partial charge in [-0.3, -0.25) is 4.79 Å². The molecule has 2 N–H and O–H groups in total. The molecule has 1 amide bonds. The van der Waals surface area contributed by atoms with Crippen LogP contribution in [0.3, 0.4) is 0 Å². The monoisotopic (exact) mass is 295 g/mol. The van der Waals surface area contributed by atoms with Crippen LogP contribution < -0.4 is 5.32 Å². The maximum atomic E-state index is 11.9. The third-order valence-electron chi connectivity index (χ3n) is 3.01. The molecule has 5 nitrogen and oxygen atoms in total. The molecule has 0 bridgehead atoms. The molecule has 0 aromatic carbocycles. The van der Waals surface area contributed by atoms with Crippen LogP contribution in [-0.2, 0) is 9.53 Å². The maximum Gasteiger partial charge on any atom is 0.328 e. The van der Waals surface area contributed by atoms with Crippen molar-refractivity contribution in [1.29, 1.82) is 0 Å². The summed E-state index contributed by atoms with van der Waals surface area (Å²) in [6, 6.07) is 3.43. The lowest BCUT2D eigenvalue weighted by molar-refractivity contribution is -0.131. The van der Waals surface area contributed by atoms with Crippen molar-refractivity contribution in [2.75, 3.05) is 13.2 Å². The van der Waals surface area contributed by atoms with Crippen LogP contribution in [0.5, 0.6) is 0 Å². The van der Waals surface area contributed by atoms with E-state index in [-0.39, 0.29) is 12.0 Å². The number of amides is 1. The second-order valence-electron chi connectivity index (χ2n) is 4.57. The summed E-state index contributed by atoms with van der Waals surface area (Å²) in [7, 11) is 0. The van der Waals surface area contributed by atoms with E-state index in [0.29, 0.717) is 11.4 Å². The summed E-state index contributed by atoms with van der Waals surface area (Å²) in [4.78, 5) is 23.7. The van der Waals surface area contributed by atoms with Gasteiger partial charge in [-0.25, -0.2) is 4.79 Å². The molecule has 1 fully saturated rings. The number of carboxylic acids is 1. The van der Waals surface area contributed by atoms with Gasteiger partial charge < -0.3 is 15.2 Å². The summed E-state index contributed by atoms with van der Waals surface area (Å²) in [5.74, 6) is -1.14. The van der Waals surface area contributed by atoms with Crippen molar-refractivity contribution in [2.45, 2.75) is 25.4 Å². The molecule has 1 unspecified atom stereocenters. The van der Waals surface area contributed by atoms with Crippen LogP contribution in [0.15, 0.2) is 18.2 Å². The SMILES string of the molecule is O=C(O)C=Cc1ccc(C(=O)NCC2CCCCO2)s1. The van der Waals surface area contributed by atoms with Crippen LogP contribution in [0.4, 0.5) is 0 Å². The van der Waals surface area contributed by atoms with Crippen LogP contribution in [0, 0.1) is 0 Å². The van der Waals surface area contributed by atoms with Gasteiger partial charge in [-0.2, -0.15) is 0 Å². The van der Waals surface area contributed by atoms with E-state index in [1.165, 1.54) is 17.4 Å². The normalized spacial score (nSPS) is 19.1. The molecule has 0 spiro atoms. The lowest BCUT2D eigenvalue weighted by Crippen LogP contribution is -2.35. The smallest absolute Gasteiger partial charge is 0.328 e. The minimum atomic E-state index is -1.00. The highest BCUT2D eigenvalue weighted by Gasteiger charge is 2.15. The quantitative estimate of drug-likeness (QED) is 0.816. The van der Waals surface area contributed by atoms with Gasteiger partial charge in [0.2, 0.25) is 0 Å². The van der Waals surface area contributed by atoms with Gasteiger partial charge in [0.05, 0.1) is 11.0 Å². The van der Waals surface area contributed by atoms with E-state index in [9.17, 15) is 9.59 Å². The van der Waals surface area contributed by atoms with E-state index in [4.69, 9.17) is 9.84 Å². The predicted octanol–water partition coefficient (Wildman–Crippen LogP) is 2.14. The van der Waals surface area contributed by atoms with Gasteiger partial charge in [0.1, 0.15) is 0 Å². The fourth-order valence-electron chi connectivity index (χ4n) is 1.98. The number of carboxylic acid groups (broad SMARTS) is 1. The number of carbonyl (C=O) groups is 2. The Morgan fingerprint density at radius 3 is 3.00 bits per heavy atom. The standard InChI is InChI=1S/C14H17NO4S/c16-13(17)7-5-11-4-6-12(20-11)14(18)15-9-10-3-1-2-8-19-10/h4-7,10H,1-3,8-9H2,(H,15,18)(H,16,17). The Hall–Kier alpha value is -1.66. The minimum absolute atomic E-state index is 0.110. The molecule has 0 radical (unpaired) electrons. The summed E-state index contributed by atoms with van der Waals surface area (Å²) in [5, 5.41) is 11.4. The summed E-state index contributed by atoms with van der Waals surface area (Å²) >= 11 is 1.27. The van der Waals surface area contributed by atoms with E-state index < -0.39 is 5.97 Å². The van der Waals surface area contributed by atoms with Gasteiger partial charge in [0.15, 0.2) is 0 Å². The van der Waals surface area contributed by atoms with E-state index in [1.807, 2.05) is 0 Å². The molecule has 1 aromatic rings. The first-order chi connectivity index (χ1) is 9.65.